The molecule has 3 aromatic rings. The van der Waals surface area contributed by atoms with E-state index in [4.69, 9.17) is 9.47 Å². The van der Waals surface area contributed by atoms with Gasteiger partial charge in [0.1, 0.15) is 11.5 Å². The van der Waals surface area contributed by atoms with E-state index in [0.717, 1.165) is 31.9 Å². The van der Waals surface area contributed by atoms with Crippen LogP contribution in [0.5, 0.6) is 11.5 Å². The highest BCUT2D eigenvalue weighted by molar-refractivity contribution is 6.38. The molecule has 1 amide bonds. The molecule has 9 heteroatoms. The van der Waals surface area contributed by atoms with E-state index in [1.54, 1.807) is 18.2 Å². The second-order valence-corrected chi connectivity index (χ2v) is 8.18. The van der Waals surface area contributed by atoms with Crippen molar-refractivity contribution in [2.75, 3.05) is 18.6 Å². The van der Waals surface area contributed by atoms with Crippen molar-refractivity contribution >= 4 is 17.6 Å². The first-order valence-electron chi connectivity index (χ1n) is 11.8. The lowest BCUT2D eigenvalue weighted by Crippen LogP contribution is -2.37. The van der Waals surface area contributed by atoms with Crippen LogP contribution in [0, 0.1) is 0 Å². The third-order valence-corrected chi connectivity index (χ3v) is 5.47. The number of anilines is 1. The van der Waals surface area contributed by atoms with Crippen molar-refractivity contribution in [3.05, 3.63) is 78.4 Å². The number of nitrogens with zero attached hydrogens (tertiary/aromatic N) is 1. The van der Waals surface area contributed by atoms with Crippen LogP contribution in [-0.4, -0.2) is 32.0 Å². The fourth-order valence-corrected chi connectivity index (χ4v) is 3.64. The quantitative estimate of drug-likeness (QED) is 0.175. The SMILES string of the molecule is CCCCCOc1ccc(-c2ccc(OC(F)(F)F)cc2)cc1N(Cc1ccccc1)C(=O)C(=O)OC. The molecule has 196 valence electrons. The largest absolute Gasteiger partial charge is 0.573 e. The third kappa shape index (κ3) is 7.99. The summed E-state index contributed by atoms with van der Waals surface area (Å²) in [5.74, 6) is -1.87. The van der Waals surface area contributed by atoms with Crippen molar-refractivity contribution < 1.29 is 37.0 Å². The fraction of sp³-hybridized carbons (Fsp3) is 0.286. The summed E-state index contributed by atoms with van der Waals surface area (Å²) in [6.45, 7) is 2.55. The van der Waals surface area contributed by atoms with E-state index in [2.05, 4.69) is 11.7 Å². The number of hydrogen-bond acceptors (Lipinski definition) is 5. The maximum atomic E-state index is 13.1. The maximum Gasteiger partial charge on any atom is 0.573 e. The smallest absolute Gasteiger partial charge is 0.491 e. The first-order chi connectivity index (χ1) is 17.7. The van der Waals surface area contributed by atoms with Gasteiger partial charge in [-0.25, -0.2) is 4.79 Å². The molecule has 0 saturated heterocycles. The number of alkyl halides is 3. The van der Waals surface area contributed by atoms with Crippen molar-refractivity contribution in [3.63, 3.8) is 0 Å². The number of carbonyl (C=O) groups excluding carboxylic acids is 2. The number of esters is 1. The van der Waals surface area contributed by atoms with Crippen molar-refractivity contribution in [1.82, 2.24) is 0 Å². The number of ether oxygens (including phenoxy) is 3. The zero-order valence-corrected chi connectivity index (χ0v) is 20.6. The Morgan fingerprint density at radius 1 is 0.892 bits per heavy atom. The average Bonchev–Trinajstić information content (AvgIpc) is 2.89. The average molecular weight is 516 g/mol. The molecule has 0 atom stereocenters. The van der Waals surface area contributed by atoms with Gasteiger partial charge in [0.2, 0.25) is 0 Å². The van der Waals surface area contributed by atoms with Gasteiger partial charge in [0.15, 0.2) is 0 Å². The summed E-state index contributed by atoms with van der Waals surface area (Å²) < 4.78 is 52.3. The molecule has 0 aromatic heterocycles. The van der Waals surface area contributed by atoms with Crippen LogP contribution in [0.25, 0.3) is 11.1 Å². The predicted molar refractivity (Wildman–Crippen MR) is 133 cm³/mol. The normalized spacial score (nSPS) is 11.1. The van der Waals surface area contributed by atoms with Gasteiger partial charge in [0.25, 0.3) is 0 Å². The van der Waals surface area contributed by atoms with Gasteiger partial charge in [-0.15, -0.1) is 13.2 Å². The predicted octanol–water partition coefficient (Wildman–Crippen LogP) is 6.53. The van der Waals surface area contributed by atoms with E-state index in [9.17, 15) is 22.8 Å². The number of hydrogen-bond donors (Lipinski definition) is 0. The van der Waals surface area contributed by atoms with E-state index in [0.29, 0.717) is 29.2 Å². The summed E-state index contributed by atoms with van der Waals surface area (Å²) in [4.78, 5) is 26.7. The number of rotatable bonds is 10. The van der Waals surface area contributed by atoms with Gasteiger partial charge >= 0.3 is 18.2 Å². The minimum atomic E-state index is -4.79. The molecule has 3 rings (SSSR count). The Labute approximate surface area is 213 Å². The van der Waals surface area contributed by atoms with Crippen molar-refractivity contribution in [3.8, 4) is 22.6 Å². The van der Waals surface area contributed by atoms with Gasteiger partial charge in [0, 0.05) is 0 Å². The van der Waals surface area contributed by atoms with Gasteiger partial charge in [0.05, 0.1) is 25.9 Å². The fourth-order valence-electron chi connectivity index (χ4n) is 3.64. The second kappa shape index (κ2) is 12.8. The molecule has 0 heterocycles. The van der Waals surface area contributed by atoms with Crippen LogP contribution in [0.15, 0.2) is 72.8 Å². The second-order valence-electron chi connectivity index (χ2n) is 8.18. The molecular weight excluding hydrogens is 487 g/mol. The molecule has 0 fully saturated rings. The Hall–Kier alpha value is -4.01. The Balaban J connectivity index is 2.03. The third-order valence-electron chi connectivity index (χ3n) is 5.47. The van der Waals surface area contributed by atoms with Gasteiger partial charge in [-0.3, -0.25) is 9.69 Å². The molecule has 0 unspecified atom stereocenters. The Morgan fingerprint density at radius 2 is 1.57 bits per heavy atom. The Bertz CT molecular complexity index is 1180. The molecule has 37 heavy (non-hydrogen) atoms. The van der Waals surface area contributed by atoms with E-state index in [-0.39, 0.29) is 12.3 Å². The summed E-state index contributed by atoms with van der Waals surface area (Å²) in [6.07, 6.45) is -2.02. The minimum absolute atomic E-state index is 0.0713. The van der Waals surface area contributed by atoms with E-state index >= 15 is 0 Å². The number of unbranched alkanes of at least 4 members (excludes halogenated alkanes) is 2. The van der Waals surface area contributed by atoms with Gasteiger partial charge in [-0.1, -0.05) is 68.3 Å². The highest BCUT2D eigenvalue weighted by atomic mass is 19.4. The van der Waals surface area contributed by atoms with Crippen LogP contribution in [0.4, 0.5) is 18.9 Å². The van der Waals surface area contributed by atoms with Crippen molar-refractivity contribution in [2.24, 2.45) is 0 Å². The summed E-state index contributed by atoms with van der Waals surface area (Å²) in [5, 5.41) is 0. The molecular formula is C28H28F3NO5. The van der Waals surface area contributed by atoms with Gasteiger partial charge in [-0.2, -0.15) is 0 Å². The molecule has 0 bridgehead atoms. The number of carbonyl (C=O) groups is 2. The standard InChI is InChI=1S/C28H28F3NO5/c1-3-4-8-17-36-25-16-13-22(21-11-14-23(15-12-21)37-28(29,30)31)18-24(25)32(26(33)27(34)35-2)19-20-9-6-5-7-10-20/h5-7,9-16,18H,3-4,8,17,19H2,1-2H3. The maximum absolute atomic E-state index is 13.1. The summed E-state index contributed by atoms with van der Waals surface area (Å²) in [5.41, 5.74) is 2.29. The summed E-state index contributed by atoms with van der Waals surface area (Å²) >= 11 is 0. The zero-order chi connectivity index (χ0) is 26.8. The minimum Gasteiger partial charge on any atom is -0.491 e. The molecule has 0 aliphatic heterocycles. The Morgan fingerprint density at radius 3 is 2.19 bits per heavy atom. The van der Waals surface area contributed by atoms with Crippen LogP contribution in [0.3, 0.4) is 0 Å². The molecule has 3 aromatic carbocycles. The zero-order valence-electron chi connectivity index (χ0n) is 20.6. The van der Waals surface area contributed by atoms with Crippen molar-refractivity contribution in [2.45, 2.75) is 39.1 Å². The number of amides is 1. The van der Waals surface area contributed by atoms with Crippen molar-refractivity contribution in [1.29, 1.82) is 0 Å². The van der Waals surface area contributed by atoms with Crippen LogP contribution >= 0.6 is 0 Å². The highest BCUT2D eigenvalue weighted by Crippen LogP contribution is 2.36. The number of methoxy groups -OCH3 is 1. The molecule has 0 saturated carbocycles. The van der Waals surface area contributed by atoms with Gasteiger partial charge in [-0.05, 0) is 47.4 Å². The monoisotopic (exact) mass is 515 g/mol. The Kier molecular flexibility index (Phi) is 9.54. The summed E-state index contributed by atoms with van der Waals surface area (Å²) in [7, 11) is 1.13. The van der Waals surface area contributed by atoms with Crippen LogP contribution in [-0.2, 0) is 20.9 Å². The van der Waals surface area contributed by atoms with Crippen LogP contribution in [0.1, 0.15) is 31.7 Å². The lowest BCUT2D eigenvalue weighted by Gasteiger charge is -2.25. The molecule has 0 aliphatic rings. The van der Waals surface area contributed by atoms with Crippen LogP contribution in [0.2, 0.25) is 0 Å². The van der Waals surface area contributed by atoms with E-state index in [1.807, 2.05) is 30.3 Å². The molecule has 6 nitrogen and oxygen atoms in total. The molecule has 0 N–H and O–H groups in total. The number of benzene rings is 3. The molecule has 0 spiro atoms. The highest BCUT2D eigenvalue weighted by Gasteiger charge is 2.31. The lowest BCUT2D eigenvalue weighted by molar-refractivity contribution is -0.274. The molecule has 0 radical (unpaired) electrons. The first kappa shape index (κ1) is 27.6. The first-order valence-corrected chi connectivity index (χ1v) is 11.8. The van der Waals surface area contributed by atoms with Gasteiger partial charge < -0.3 is 14.2 Å². The summed E-state index contributed by atoms with van der Waals surface area (Å²) in [6, 6.07) is 19.6. The van der Waals surface area contributed by atoms with E-state index < -0.39 is 18.2 Å². The molecule has 0 aliphatic carbocycles. The van der Waals surface area contributed by atoms with E-state index in [1.165, 1.54) is 29.2 Å². The van der Waals surface area contributed by atoms with Crippen LogP contribution < -0.4 is 14.4 Å². The lowest BCUT2D eigenvalue weighted by atomic mass is 10.0. The topological polar surface area (TPSA) is 65.1 Å². The number of halogens is 3.